The zero-order valence-electron chi connectivity index (χ0n) is 11.4. The van der Waals surface area contributed by atoms with Crippen LogP contribution in [-0.2, 0) is 11.3 Å². The molecular weight excluding hydrogens is 296 g/mol. The first-order valence-electron chi connectivity index (χ1n) is 6.08. The lowest BCUT2D eigenvalue weighted by molar-refractivity contribution is -0.117. The first-order valence-corrected chi connectivity index (χ1v) is 6.45. The standard InChI is InChI=1S/C13H13ClN4O3/c1-7-5-9(14)3-4-10(7)15-11(19)6-18-8(2)12(13(20)21)16-17-18/h3-5H,6H2,1-2H3,(H,15,19)(H,20,21). The van der Waals surface area contributed by atoms with E-state index in [0.29, 0.717) is 16.4 Å². The largest absolute Gasteiger partial charge is 0.476 e. The third-order valence-corrected chi connectivity index (χ3v) is 3.18. The average Bonchev–Trinajstić information content (AvgIpc) is 2.74. The van der Waals surface area contributed by atoms with Crippen LogP contribution in [0.5, 0.6) is 0 Å². The summed E-state index contributed by atoms with van der Waals surface area (Å²) < 4.78 is 1.24. The first-order chi connectivity index (χ1) is 9.88. The quantitative estimate of drug-likeness (QED) is 0.899. The van der Waals surface area contributed by atoms with Gasteiger partial charge < -0.3 is 10.4 Å². The molecule has 0 unspecified atom stereocenters. The van der Waals surface area contributed by atoms with Crippen LogP contribution in [0.1, 0.15) is 21.7 Å². The van der Waals surface area contributed by atoms with Gasteiger partial charge in [0.2, 0.25) is 5.91 Å². The Labute approximate surface area is 125 Å². The molecule has 8 heteroatoms. The first kappa shape index (κ1) is 15.0. The van der Waals surface area contributed by atoms with Crippen molar-refractivity contribution in [3.05, 3.63) is 40.2 Å². The van der Waals surface area contributed by atoms with Crippen LogP contribution in [0.4, 0.5) is 5.69 Å². The second-order valence-electron chi connectivity index (χ2n) is 4.49. The predicted octanol–water partition coefficient (Wildman–Crippen LogP) is 1.89. The number of carboxylic acid groups (broad SMARTS) is 1. The number of aromatic nitrogens is 3. The molecule has 0 spiro atoms. The minimum Gasteiger partial charge on any atom is -0.476 e. The van der Waals surface area contributed by atoms with Gasteiger partial charge in [0.05, 0.1) is 5.69 Å². The number of benzene rings is 1. The fraction of sp³-hybridized carbons (Fsp3) is 0.231. The number of carbonyl (C=O) groups is 2. The van der Waals surface area contributed by atoms with E-state index in [-0.39, 0.29) is 18.1 Å². The van der Waals surface area contributed by atoms with E-state index in [1.165, 1.54) is 4.68 Å². The number of aromatic carboxylic acids is 1. The van der Waals surface area contributed by atoms with E-state index >= 15 is 0 Å². The number of carboxylic acids is 1. The van der Waals surface area contributed by atoms with E-state index in [2.05, 4.69) is 15.6 Å². The smallest absolute Gasteiger partial charge is 0.358 e. The summed E-state index contributed by atoms with van der Waals surface area (Å²) in [4.78, 5) is 22.8. The zero-order chi connectivity index (χ0) is 15.6. The van der Waals surface area contributed by atoms with Gasteiger partial charge in [0.1, 0.15) is 6.54 Å². The van der Waals surface area contributed by atoms with E-state index < -0.39 is 5.97 Å². The van der Waals surface area contributed by atoms with Crippen molar-refractivity contribution in [1.29, 1.82) is 0 Å². The molecule has 2 N–H and O–H groups in total. The Morgan fingerprint density at radius 3 is 2.67 bits per heavy atom. The summed E-state index contributed by atoms with van der Waals surface area (Å²) >= 11 is 5.85. The Hall–Kier alpha value is -2.41. The molecule has 0 aliphatic heterocycles. The molecule has 0 fully saturated rings. The van der Waals surface area contributed by atoms with Crippen molar-refractivity contribution in [3.63, 3.8) is 0 Å². The van der Waals surface area contributed by atoms with Gasteiger partial charge in [-0.1, -0.05) is 16.8 Å². The fourth-order valence-electron chi connectivity index (χ4n) is 1.80. The molecule has 2 aromatic rings. The van der Waals surface area contributed by atoms with E-state index in [9.17, 15) is 9.59 Å². The Kier molecular flexibility index (Phi) is 4.23. The highest BCUT2D eigenvalue weighted by Crippen LogP contribution is 2.19. The molecule has 0 saturated carbocycles. The maximum atomic E-state index is 12.0. The molecule has 0 saturated heterocycles. The molecule has 110 valence electrons. The maximum absolute atomic E-state index is 12.0. The van der Waals surface area contributed by atoms with Crippen LogP contribution >= 0.6 is 11.6 Å². The third kappa shape index (κ3) is 3.38. The van der Waals surface area contributed by atoms with Crippen LogP contribution in [0.25, 0.3) is 0 Å². The lowest BCUT2D eigenvalue weighted by atomic mass is 10.2. The Morgan fingerprint density at radius 2 is 2.10 bits per heavy atom. The van der Waals surface area contributed by atoms with Crippen LogP contribution in [0.2, 0.25) is 5.02 Å². The molecule has 1 aromatic heterocycles. The van der Waals surface area contributed by atoms with Gasteiger partial charge in [-0.05, 0) is 37.6 Å². The minimum absolute atomic E-state index is 0.117. The van der Waals surface area contributed by atoms with Gasteiger partial charge in [0, 0.05) is 10.7 Å². The normalized spacial score (nSPS) is 10.4. The second kappa shape index (κ2) is 5.92. The van der Waals surface area contributed by atoms with Gasteiger partial charge in [0.15, 0.2) is 5.69 Å². The predicted molar refractivity (Wildman–Crippen MR) is 76.5 cm³/mol. The molecule has 7 nitrogen and oxygen atoms in total. The highest BCUT2D eigenvalue weighted by Gasteiger charge is 2.17. The summed E-state index contributed by atoms with van der Waals surface area (Å²) in [5, 5.41) is 19.4. The summed E-state index contributed by atoms with van der Waals surface area (Å²) in [6.07, 6.45) is 0. The number of aryl methyl sites for hydroxylation is 1. The number of anilines is 1. The molecule has 2 rings (SSSR count). The van der Waals surface area contributed by atoms with Gasteiger partial charge in [0.25, 0.3) is 0 Å². The molecular formula is C13H13ClN4O3. The Balaban J connectivity index is 2.10. The van der Waals surface area contributed by atoms with Gasteiger partial charge in [-0.2, -0.15) is 0 Å². The number of halogens is 1. The topological polar surface area (TPSA) is 97.1 Å². The molecule has 1 heterocycles. The average molecular weight is 309 g/mol. The molecule has 0 bridgehead atoms. The fourth-order valence-corrected chi connectivity index (χ4v) is 2.03. The summed E-state index contributed by atoms with van der Waals surface area (Å²) in [5.41, 5.74) is 1.63. The number of amides is 1. The monoisotopic (exact) mass is 308 g/mol. The van der Waals surface area contributed by atoms with Crippen LogP contribution in [0, 0.1) is 13.8 Å². The molecule has 0 aliphatic rings. The molecule has 0 atom stereocenters. The van der Waals surface area contributed by atoms with Crippen LogP contribution in [-0.4, -0.2) is 32.0 Å². The van der Waals surface area contributed by atoms with Crippen LogP contribution in [0.3, 0.4) is 0 Å². The number of rotatable bonds is 4. The Morgan fingerprint density at radius 1 is 1.38 bits per heavy atom. The molecule has 1 aromatic carbocycles. The van der Waals surface area contributed by atoms with Gasteiger partial charge in [-0.3, -0.25) is 4.79 Å². The lowest BCUT2D eigenvalue weighted by Gasteiger charge is -2.09. The van der Waals surface area contributed by atoms with E-state index in [1.54, 1.807) is 25.1 Å². The number of nitrogens with one attached hydrogen (secondary N) is 1. The van der Waals surface area contributed by atoms with Gasteiger partial charge in [-0.25, -0.2) is 9.48 Å². The molecule has 1 amide bonds. The number of hydrogen-bond acceptors (Lipinski definition) is 4. The van der Waals surface area contributed by atoms with E-state index in [4.69, 9.17) is 16.7 Å². The van der Waals surface area contributed by atoms with Crippen molar-refractivity contribution in [2.45, 2.75) is 20.4 Å². The van der Waals surface area contributed by atoms with Crippen molar-refractivity contribution < 1.29 is 14.7 Å². The summed E-state index contributed by atoms with van der Waals surface area (Å²) in [6.45, 7) is 3.25. The number of carbonyl (C=O) groups excluding carboxylic acids is 1. The van der Waals surface area contributed by atoms with Gasteiger partial charge >= 0.3 is 5.97 Å². The molecule has 0 aliphatic carbocycles. The van der Waals surface area contributed by atoms with E-state index in [0.717, 1.165) is 5.56 Å². The highest BCUT2D eigenvalue weighted by molar-refractivity contribution is 6.30. The maximum Gasteiger partial charge on any atom is 0.358 e. The van der Waals surface area contributed by atoms with Crippen LogP contribution in [0.15, 0.2) is 18.2 Å². The van der Waals surface area contributed by atoms with Crippen molar-refractivity contribution in [1.82, 2.24) is 15.0 Å². The van der Waals surface area contributed by atoms with E-state index in [1.807, 2.05) is 6.92 Å². The van der Waals surface area contributed by atoms with Crippen molar-refractivity contribution in [2.75, 3.05) is 5.32 Å². The number of hydrogen-bond donors (Lipinski definition) is 2. The number of nitrogens with zero attached hydrogens (tertiary/aromatic N) is 3. The summed E-state index contributed by atoms with van der Waals surface area (Å²) in [6, 6.07) is 5.11. The van der Waals surface area contributed by atoms with Crippen molar-refractivity contribution in [3.8, 4) is 0 Å². The summed E-state index contributed by atoms with van der Waals surface area (Å²) in [5.74, 6) is -1.50. The molecule has 0 radical (unpaired) electrons. The minimum atomic E-state index is -1.17. The Bertz CT molecular complexity index is 711. The molecule has 21 heavy (non-hydrogen) atoms. The lowest BCUT2D eigenvalue weighted by Crippen LogP contribution is -2.21. The highest BCUT2D eigenvalue weighted by atomic mass is 35.5. The van der Waals surface area contributed by atoms with Crippen LogP contribution < -0.4 is 5.32 Å². The zero-order valence-corrected chi connectivity index (χ0v) is 12.2. The summed E-state index contributed by atoms with van der Waals surface area (Å²) in [7, 11) is 0. The SMILES string of the molecule is Cc1cc(Cl)ccc1NC(=O)Cn1nnc(C(=O)O)c1C. The van der Waals surface area contributed by atoms with Gasteiger partial charge in [-0.15, -0.1) is 5.10 Å². The second-order valence-corrected chi connectivity index (χ2v) is 4.93. The van der Waals surface area contributed by atoms with Crippen molar-refractivity contribution in [2.24, 2.45) is 0 Å². The van der Waals surface area contributed by atoms with Crippen molar-refractivity contribution >= 4 is 29.2 Å². The third-order valence-electron chi connectivity index (χ3n) is 2.94.